The fourth-order valence-corrected chi connectivity index (χ4v) is 2.15. The average Bonchev–Trinajstić information content (AvgIpc) is 2.79. The number of nitrogens with one attached hydrogen (secondary N) is 1. The molecule has 0 fully saturated rings. The van der Waals surface area contributed by atoms with Gasteiger partial charge in [-0.05, 0) is 47.5 Å². The summed E-state index contributed by atoms with van der Waals surface area (Å²) in [5, 5.41) is 3.30. The van der Waals surface area contributed by atoms with Crippen molar-refractivity contribution in [2.75, 3.05) is 5.32 Å². The lowest BCUT2D eigenvalue weighted by atomic mass is 10.2. The van der Waals surface area contributed by atoms with Crippen LogP contribution >= 0.6 is 15.9 Å². The van der Waals surface area contributed by atoms with E-state index in [-0.39, 0.29) is 5.82 Å². The number of benzene rings is 1. The minimum atomic E-state index is -0.239. The molecule has 1 aromatic carbocycles. The highest BCUT2D eigenvalue weighted by Gasteiger charge is 2.06. The van der Waals surface area contributed by atoms with E-state index in [1.807, 2.05) is 19.4 Å². The Morgan fingerprint density at radius 1 is 1.44 bits per heavy atom. The first-order valence-electron chi connectivity index (χ1n) is 5.80. The average molecular weight is 312 g/mol. The molecular formula is C13H15BrFN3. The predicted molar refractivity (Wildman–Crippen MR) is 74.1 cm³/mol. The second kappa shape index (κ2) is 5.52. The zero-order valence-electron chi connectivity index (χ0n) is 10.4. The number of imidazole rings is 1. The molecule has 0 saturated heterocycles. The van der Waals surface area contributed by atoms with E-state index >= 15 is 0 Å². The maximum absolute atomic E-state index is 13.3. The topological polar surface area (TPSA) is 29.9 Å². The summed E-state index contributed by atoms with van der Waals surface area (Å²) in [7, 11) is 0. The summed E-state index contributed by atoms with van der Waals surface area (Å²) < 4.78 is 15.8. The van der Waals surface area contributed by atoms with Crippen molar-refractivity contribution in [1.29, 1.82) is 0 Å². The molecule has 0 aliphatic heterocycles. The molecule has 0 saturated carbocycles. The summed E-state index contributed by atoms with van der Waals surface area (Å²) in [5.74, 6) is -0.239. The number of aromatic nitrogens is 2. The molecule has 18 heavy (non-hydrogen) atoms. The number of halogens is 2. The molecule has 1 heterocycles. The lowest BCUT2D eigenvalue weighted by Crippen LogP contribution is -2.07. The van der Waals surface area contributed by atoms with Crippen LogP contribution in [0.15, 0.2) is 29.1 Å². The van der Waals surface area contributed by atoms with Crippen LogP contribution in [0.3, 0.4) is 0 Å². The third-order valence-corrected chi connectivity index (χ3v) is 3.47. The Balaban J connectivity index is 2.13. The van der Waals surface area contributed by atoms with Gasteiger partial charge in [-0.2, -0.15) is 0 Å². The van der Waals surface area contributed by atoms with Gasteiger partial charge < -0.3 is 9.88 Å². The number of rotatable bonds is 4. The molecule has 2 aromatic rings. The summed E-state index contributed by atoms with van der Waals surface area (Å²) >= 11 is 3.19. The Bertz CT molecular complexity index is 551. The smallest absolute Gasteiger partial charge is 0.137 e. The van der Waals surface area contributed by atoms with E-state index < -0.39 is 0 Å². The Hall–Kier alpha value is -1.36. The van der Waals surface area contributed by atoms with Crippen molar-refractivity contribution < 1.29 is 4.39 Å². The van der Waals surface area contributed by atoms with Crippen LogP contribution in [-0.4, -0.2) is 9.55 Å². The fourth-order valence-electron chi connectivity index (χ4n) is 1.80. The lowest BCUT2D eigenvalue weighted by molar-refractivity contribution is 0.620. The Kier molecular flexibility index (Phi) is 4.01. The highest BCUT2D eigenvalue weighted by Crippen LogP contribution is 2.24. The van der Waals surface area contributed by atoms with E-state index in [2.05, 4.69) is 37.7 Å². The quantitative estimate of drug-likeness (QED) is 0.932. The Labute approximate surface area is 114 Å². The molecule has 0 aliphatic carbocycles. The van der Waals surface area contributed by atoms with Gasteiger partial charge in [0.2, 0.25) is 0 Å². The van der Waals surface area contributed by atoms with Crippen molar-refractivity contribution >= 4 is 21.6 Å². The molecule has 3 nitrogen and oxygen atoms in total. The SMILES string of the molecule is CCn1cncc1CNc1cc(Br)c(F)cc1C. The standard InChI is InChI=1S/C13H15BrFN3/c1-3-18-8-16-6-10(18)7-17-13-5-11(14)12(15)4-9(13)2/h4-6,8,17H,3,7H2,1-2H3. The Morgan fingerprint density at radius 2 is 2.22 bits per heavy atom. The van der Waals surface area contributed by atoms with Gasteiger partial charge in [0.15, 0.2) is 0 Å². The van der Waals surface area contributed by atoms with E-state index in [0.29, 0.717) is 11.0 Å². The summed E-state index contributed by atoms with van der Waals surface area (Å²) in [6.07, 6.45) is 3.65. The number of nitrogens with zero attached hydrogens (tertiary/aromatic N) is 2. The summed E-state index contributed by atoms with van der Waals surface area (Å²) in [6.45, 7) is 5.52. The molecule has 0 unspecified atom stereocenters. The van der Waals surface area contributed by atoms with Crippen molar-refractivity contribution in [2.24, 2.45) is 0 Å². The van der Waals surface area contributed by atoms with Crippen molar-refractivity contribution in [3.63, 3.8) is 0 Å². The van der Waals surface area contributed by atoms with Crippen LogP contribution in [0.4, 0.5) is 10.1 Å². The second-order valence-corrected chi connectivity index (χ2v) is 4.96. The van der Waals surface area contributed by atoms with Gasteiger partial charge in [0.05, 0.1) is 23.0 Å². The third kappa shape index (κ3) is 2.72. The van der Waals surface area contributed by atoms with Gasteiger partial charge >= 0.3 is 0 Å². The molecule has 5 heteroatoms. The van der Waals surface area contributed by atoms with Crippen LogP contribution in [0.25, 0.3) is 0 Å². The van der Waals surface area contributed by atoms with Crippen LogP contribution in [0.5, 0.6) is 0 Å². The lowest BCUT2D eigenvalue weighted by Gasteiger charge is -2.11. The van der Waals surface area contributed by atoms with Gasteiger partial charge in [-0.3, -0.25) is 0 Å². The molecule has 0 spiro atoms. The first-order valence-corrected chi connectivity index (χ1v) is 6.59. The normalized spacial score (nSPS) is 10.7. The molecule has 2 rings (SSSR count). The molecule has 96 valence electrons. The number of hydrogen-bond donors (Lipinski definition) is 1. The molecule has 0 radical (unpaired) electrons. The molecular weight excluding hydrogens is 297 g/mol. The van der Waals surface area contributed by atoms with Gasteiger partial charge in [0.25, 0.3) is 0 Å². The number of aryl methyl sites for hydroxylation is 2. The van der Waals surface area contributed by atoms with Crippen molar-refractivity contribution in [3.8, 4) is 0 Å². The summed E-state index contributed by atoms with van der Waals surface area (Å²) in [5.41, 5.74) is 2.92. The number of anilines is 1. The highest BCUT2D eigenvalue weighted by molar-refractivity contribution is 9.10. The fraction of sp³-hybridized carbons (Fsp3) is 0.308. The van der Waals surface area contributed by atoms with Crippen LogP contribution in [0, 0.1) is 12.7 Å². The van der Waals surface area contributed by atoms with E-state index in [9.17, 15) is 4.39 Å². The van der Waals surface area contributed by atoms with E-state index in [4.69, 9.17) is 0 Å². The summed E-state index contributed by atoms with van der Waals surface area (Å²) in [4.78, 5) is 4.11. The monoisotopic (exact) mass is 311 g/mol. The maximum Gasteiger partial charge on any atom is 0.137 e. The van der Waals surface area contributed by atoms with Gasteiger partial charge in [-0.15, -0.1) is 0 Å². The van der Waals surface area contributed by atoms with Gasteiger partial charge in [-0.25, -0.2) is 9.37 Å². The van der Waals surface area contributed by atoms with Gasteiger partial charge in [0.1, 0.15) is 5.82 Å². The molecule has 0 atom stereocenters. The highest BCUT2D eigenvalue weighted by atomic mass is 79.9. The predicted octanol–water partition coefficient (Wildman–Crippen LogP) is 3.73. The number of hydrogen-bond acceptors (Lipinski definition) is 2. The Morgan fingerprint density at radius 3 is 2.94 bits per heavy atom. The first kappa shape index (κ1) is 13.1. The molecule has 0 bridgehead atoms. The van der Waals surface area contributed by atoms with Crippen LogP contribution in [-0.2, 0) is 13.1 Å². The van der Waals surface area contributed by atoms with Crippen molar-refractivity contribution in [3.05, 3.63) is 46.2 Å². The second-order valence-electron chi connectivity index (χ2n) is 4.11. The minimum absolute atomic E-state index is 0.239. The van der Waals surface area contributed by atoms with Crippen molar-refractivity contribution in [1.82, 2.24) is 9.55 Å². The van der Waals surface area contributed by atoms with Crippen LogP contribution in [0.1, 0.15) is 18.2 Å². The molecule has 1 N–H and O–H groups in total. The van der Waals surface area contributed by atoms with Crippen molar-refractivity contribution in [2.45, 2.75) is 26.9 Å². The zero-order valence-corrected chi connectivity index (χ0v) is 12.0. The van der Waals surface area contributed by atoms with Crippen LogP contribution < -0.4 is 5.32 Å². The van der Waals surface area contributed by atoms with Gasteiger partial charge in [-0.1, -0.05) is 0 Å². The third-order valence-electron chi connectivity index (χ3n) is 2.87. The largest absolute Gasteiger partial charge is 0.379 e. The van der Waals surface area contributed by atoms with Gasteiger partial charge in [0, 0.05) is 18.4 Å². The first-order chi connectivity index (χ1) is 8.61. The molecule has 1 aromatic heterocycles. The molecule has 0 amide bonds. The zero-order chi connectivity index (χ0) is 13.1. The minimum Gasteiger partial charge on any atom is -0.379 e. The van der Waals surface area contributed by atoms with E-state index in [0.717, 1.165) is 23.5 Å². The molecule has 0 aliphatic rings. The summed E-state index contributed by atoms with van der Waals surface area (Å²) in [6, 6.07) is 3.28. The van der Waals surface area contributed by atoms with Crippen LogP contribution in [0.2, 0.25) is 0 Å². The van der Waals surface area contributed by atoms with E-state index in [1.54, 1.807) is 6.07 Å². The maximum atomic E-state index is 13.3. The van der Waals surface area contributed by atoms with E-state index in [1.165, 1.54) is 6.07 Å².